The summed E-state index contributed by atoms with van der Waals surface area (Å²) in [6.45, 7) is 3.74. The van der Waals surface area contributed by atoms with Crippen LogP contribution in [0.2, 0.25) is 0 Å². The molecule has 1 heterocycles. The van der Waals surface area contributed by atoms with Gasteiger partial charge in [-0.15, -0.1) is 0 Å². The molecule has 0 aromatic carbocycles. The number of pyridine rings is 1. The summed E-state index contributed by atoms with van der Waals surface area (Å²) >= 11 is 0. The van der Waals surface area contributed by atoms with E-state index in [0.717, 1.165) is 25.7 Å². The molecule has 0 aliphatic rings. The van der Waals surface area contributed by atoms with Gasteiger partial charge in [-0.3, -0.25) is 4.79 Å². The predicted molar refractivity (Wildman–Crippen MR) is 58.3 cm³/mol. The molecule has 1 rings (SSSR count). The SMILES string of the molecule is [CH2]CCCCCC(=O)Oc1ccccn1. The van der Waals surface area contributed by atoms with Gasteiger partial charge in [0.1, 0.15) is 0 Å². The fourth-order valence-corrected chi connectivity index (χ4v) is 1.20. The Balaban J connectivity index is 2.19. The van der Waals surface area contributed by atoms with Gasteiger partial charge in [0.2, 0.25) is 5.88 Å². The zero-order valence-corrected chi connectivity index (χ0v) is 8.82. The molecule has 1 aromatic heterocycles. The van der Waals surface area contributed by atoms with Crippen molar-refractivity contribution in [1.29, 1.82) is 0 Å². The minimum atomic E-state index is -0.210. The largest absolute Gasteiger partial charge is 0.407 e. The molecule has 0 aliphatic heterocycles. The van der Waals surface area contributed by atoms with Crippen molar-refractivity contribution < 1.29 is 9.53 Å². The summed E-state index contributed by atoms with van der Waals surface area (Å²) in [5, 5.41) is 0. The number of unbranched alkanes of at least 4 members (excludes halogenated alkanes) is 3. The van der Waals surface area contributed by atoms with E-state index in [-0.39, 0.29) is 5.97 Å². The van der Waals surface area contributed by atoms with Crippen LogP contribution in [0.1, 0.15) is 32.1 Å². The number of rotatable bonds is 6. The van der Waals surface area contributed by atoms with E-state index in [9.17, 15) is 4.79 Å². The number of esters is 1. The monoisotopic (exact) mass is 206 g/mol. The first-order valence-corrected chi connectivity index (χ1v) is 5.24. The highest BCUT2D eigenvalue weighted by molar-refractivity contribution is 5.71. The molecule has 0 spiro atoms. The molecular weight excluding hydrogens is 190 g/mol. The summed E-state index contributed by atoms with van der Waals surface area (Å²) < 4.78 is 5.03. The fraction of sp³-hybridized carbons (Fsp3) is 0.417. The third-order valence-corrected chi connectivity index (χ3v) is 1.99. The number of aromatic nitrogens is 1. The molecule has 15 heavy (non-hydrogen) atoms. The lowest BCUT2D eigenvalue weighted by Gasteiger charge is -2.02. The minimum Gasteiger partial charge on any atom is -0.407 e. The summed E-state index contributed by atoms with van der Waals surface area (Å²) in [5.41, 5.74) is 0. The molecule has 0 N–H and O–H groups in total. The van der Waals surface area contributed by atoms with E-state index in [1.54, 1.807) is 24.4 Å². The number of carbonyl (C=O) groups is 1. The molecule has 1 aromatic rings. The maximum Gasteiger partial charge on any atom is 0.312 e. The van der Waals surface area contributed by atoms with Crippen LogP contribution in [-0.2, 0) is 4.79 Å². The molecule has 0 amide bonds. The average molecular weight is 206 g/mol. The number of carbonyl (C=O) groups excluding carboxylic acids is 1. The van der Waals surface area contributed by atoms with Crippen molar-refractivity contribution in [1.82, 2.24) is 4.98 Å². The van der Waals surface area contributed by atoms with E-state index >= 15 is 0 Å². The van der Waals surface area contributed by atoms with Gasteiger partial charge in [-0.1, -0.05) is 32.3 Å². The van der Waals surface area contributed by atoms with E-state index in [1.165, 1.54) is 0 Å². The highest BCUT2D eigenvalue weighted by Crippen LogP contribution is 2.07. The third kappa shape index (κ3) is 5.15. The zero-order chi connectivity index (χ0) is 10.9. The first-order valence-electron chi connectivity index (χ1n) is 5.24. The van der Waals surface area contributed by atoms with E-state index < -0.39 is 0 Å². The van der Waals surface area contributed by atoms with Gasteiger partial charge in [-0.05, 0) is 12.5 Å². The predicted octanol–water partition coefficient (Wildman–Crippen LogP) is 2.77. The van der Waals surface area contributed by atoms with Gasteiger partial charge in [0.15, 0.2) is 0 Å². The second kappa shape index (κ2) is 6.98. The molecular formula is C12H16NO2. The average Bonchev–Trinajstić information content (AvgIpc) is 2.26. The van der Waals surface area contributed by atoms with Crippen LogP contribution >= 0.6 is 0 Å². The van der Waals surface area contributed by atoms with Gasteiger partial charge in [-0.2, -0.15) is 0 Å². The van der Waals surface area contributed by atoms with E-state index in [4.69, 9.17) is 4.74 Å². The van der Waals surface area contributed by atoms with Crippen molar-refractivity contribution in [3.8, 4) is 5.88 Å². The van der Waals surface area contributed by atoms with Crippen LogP contribution in [0, 0.1) is 6.92 Å². The van der Waals surface area contributed by atoms with Gasteiger partial charge in [0, 0.05) is 18.7 Å². The third-order valence-electron chi connectivity index (χ3n) is 1.99. The molecule has 0 saturated carbocycles. The highest BCUT2D eigenvalue weighted by Gasteiger charge is 2.04. The fourth-order valence-electron chi connectivity index (χ4n) is 1.20. The van der Waals surface area contributed by atoms with Crippen molar-refractivity contribution in [3.05, 3.63) is 31.3 Å². The normalized spacial score (nSPS) is 9.93. The Labute approximate surface area is 90.5 Å². The van der Waals surface area contributed by atoms with Gasteiger partial charge < -0.3 is 4.74 Å². The Morgan fingerprint density at radius 3 is 2.87 bits per heavy atom. The molecule has 0 aliphatic carbocycles. The summed E-state index contributed by atoms with van der Waals surface area (Å²) in [7, 11) is 0. The lowest BCUT2D eigenvalue weighted by molar-refractivity contribution is -0.134. The lowest BCUT2D eigenvalue weighted by Crippen LogP contribution is -2.08. The van der Waals surface area contributed by atoms with Crippen LogP contribution in [0.4, 0.5) is 0 Å². The van der Waals surface area contributed by atoms with E-state index in [2.05, 4.69) is 11.9 Å². The van der Waals surface area contributed by atoms with E-state index in [0.29, 0.717) is 12.3 Å². The summed E-state index contributed by atoms with van der Waals surface area (Å²) in [4.78, 5) is 15.2. The molecule has 0 saturated heterocycles. The number of hydrogen-bond acceptors (Lipinski definition) is 3. The standard InChI is InChI=1S/C12H16NO2/c1-2-3-4-5-9-12(14)15-11-8-6-7-10-13-11/h6-8,10H,1-5,9H2. The van der Waals surface area contributed by atoms with Crippen LogP contribution in [0.15, 0.2) is 24.4 Å². The van der Waals surface area contributed by atoms with Gasteiger partial charge >= 0.3 is 5.97 Å². The Hall–Kier alpha value is -1.38. The number of nitrogens with zero attached hydrogens (tertiary/aromatic N) is 1. The van der Waals surface area contributed by atoms with Crippen molar-refractivity contribution in [2.75, 3.05) is 0 Å². The lowest BCUT2D eigenvalue weighted by atomic mass is 10.2. The second-order valence-corrected chi connectivity index (χ2v) is 3.31. The summed E-state index contributed by atoms with van der Waals surface area (Å²) in [6.07, 6.45) is 5.94. The molecule has 1 radical (unpaired) electrons. The Morgan fingerprint density at radius 2 is 2.20 bits per heavy atom. The highest BCUT2D eigenvalue weighted by atomic mass is 16.5. The number of hydrogen-bond donors (Lipinski definition) is 0. The van der Waals surface area contributed by atoms with Crippen molar-refractivity contribution in [2.24, 2.45) is 0 Å². The molecule has 81 valence electrons. The molecule has 3 nitrogen and oxygen atoms in total. The minimum absolute atomic E-state index is 0.210. The van der Waals surface area contributed by atoms with Crippen molar-refractivity contribution >= 4 is 5.97 Å². The topological polar surface area (TPSA) is 39.2 Å². The first-order chi connectivity index (χ1) is 7.33. The number of ether oxygens (including phenoxy) is 1. The zero-order valence-electron chi connectivity index (χ0n) is 8.82. The van der Waals surface area contributed by atoms with E-state index in [1.807, 2.05) is 0 Å². The van der Waals surface area contributed by atoms with Gasteiger partial charge in [0.25, 0.3) is 0 Å². The molecule has 0 bridgehead atoms. The van der Waals surface area contributed by atoms with Gasteiger partial charge in [0.05, 0.1) is 0 Å². The van der Waals surface area contributed by atoms with Crippen molar-refractivity contribution in [2.45, 2.75) is 32.1 Å². The molecule has 0 atom stereocenters. The molecule has 0 unspecified atom stereocenters. The molecule has 3 heteroatoms. The summed E-state index contributed by atoms with van der Waals surface area (Å²) in [5.74, 6) is 0.164. The Morgan fingerprint density at radius 1 is 1.33 bits per heavy atom. The molecule has 0 fully saturated rings. The Bertz CT molecular complexity index is 285. The van der Waals surface area contributed by atoms with Crippen LogP contribution in [0.3, 0.4) is 0 Å². The van der Waals surface area contributed by atoms with Crippen LogP contribution < -0.4 is 4.74 Å². The first kappa shape index (κ1) is 11.7. The maximum atomic E-state index is 11.3. The summed E-state index contributed by atoms with van der Waals surface area (Å²) in [6, 6.07) is 5.25. The second-order valence-electron chi connectivity index (χ2n) is 3.31. The smallest absolute Gasteiger partial charge is 0.312 e. The maximum absolute atomic E-state index is 11.3. The Kier molecular flexibility index (Phi) is 5.44. The van der Waals surface area contributed by atoms with Gasteiger partial charge in [-0.25, -0.2) is 4.98 Å². The van der Waals surface area contributed by atoms with Crippen molar-refractivity contribution in [3.63, 3.8) is 0 Å². The van der Waals surface area contributed by atoms with Crippen LogP contribution in [-0.4, -0.2) is 11.0 Å². The van der Waals surface area contributed by atoms with Crippen LogP contribution in [0.5, 0.6) is 5.88 Å². The van der Waals surface area contributed by atoms with Crippen LogP contribution in [0.25, 0.3) is 0 Å². The quantitative estimate of drug-likeness (QED) is 0.530.